The van der Waals surface area contributed by atoms with Gasteiger partial charge in [-0.2, -0.15) is 0 Å². The molecule has 0 aliphatic heterocycles. The molecule has 0 bridgehead atoms. The second-order valence-corrected chi connectivity index (χ2v) is 4.30. The summed E-state index contributed by atoms with van der Waals surface area (Å²) in [5, 5.41) is 3.05. The van der Waals surface area contributed by atoms with Crippen LogP contribution in [0.4, 0.5) is 5.69 Å². The maximum Gasteiger partial charge on any atom is 0.271 e. The molecule has 2 aromatic rings. The smallest absolute Gasteiger partial charge is 0.271 e. The van der Waals surface area contributed by atoms with Crippen molar-refractivity contribution in [3.63, 3.8) is 0 Å². The van der Waals surface area contributed by atoms with Crippen LogP contribution in [0.15, 0.2) is 29.2 Å². The highest BCUT2D eigenvalue weighted by molar-refractivity contribution is 5.66. The third-order valence-electron chi connectivity index (χ3n) is 2.79. The Morgan fingerprint density at radius 3 is 2.72 bits per heavy atom. The van der Waals surface area contributed by atoms with Gasteiger partial charge in [-0.1, -0.05) is 6.07 Å². The van der Waals surface area contributed by atoms with Crippen molar-refractivity contribution in [1.29, 1.82) is 0 Å². The molecule has 0 saturated heterocycles. The van der Waals surface area contributed by atoms with Gasteiger partial charge < -0.3 is 10.3 Å². The Hall–Kier alpha value is -2.10. The maximum absolute atomic E-state index is 11.7. The highest BCUT2D eigenvalue weighted by atomic mass is 16.1. The molecule has 0 atom stereocenters. The molecule has 2 heterocycles. The van der Waals surface area contributed by atoms with Crippen molar-refractivity contribution in [2.75, 3.05) is 11.9 Å². The number of rotatable bonds is 3. The molecule has 0 aromatic carbocycles. The van der Waals surface area contributed by atoms with Gasteiger partial charge in [0, 0.05) is 24.0 Å². The first-order valence-electron chi connectivity index (χ1n) is 6.02. The fourth-order valence-electron chi connectivity index (χ4n) is 1.84. The summed E-state index contributed by atoms with van der Waals surface area (Å²) < 4.78 is 0. The molecular formula is C14H17N3O. The van der Waals surface area contributed by atoms with Crippen molar-refractivity contribution in [1.82, 2.24) is 9.97 Å². The number of nitrogens with one attached hydrogen (secondary N) is 2. The molecule has 0 spiro atoms. The van der Waals surface area contributed by atoms with Gasteiger partial charge in [0.25, 0.3) is 5.56 Å². The number of aromatic amines is 1. The number of hydrogen-bond acceptors (Lipinski definition) is 3. The summed E-state index contributed by atoms with van der Waals surface area (Å²) in [5.41, 5.74) is 4.26. The van der Waals surface area contributed by atoms with Gasteiger partial charge >= 0.3 is 0 Å². The molecule has 18 heavy (non-hydrogen) atoms. The SMILES string of the molecule is CCNc1cc(-c2ccc(C)cn2)c(C)[nH]c1=O. The third kappa shape index (κ3) is 2.42. The standard InChI is InChI=1S/C14H17N3O/c1-4-15-13-7-11(10(3)17-14(13)18)12-6-5-9(2)8-16-12/h5-8,15H,4H2,1-3H3,(H,17,18). The van der Waals surface area contributed by atoms with Crippen LogP contribution in [0.5, 0.6) is 0 Å². The van der Waals surface area contributed by atoms with E-state index in [1.54, 1.807) is 0 Å². The van der Waals surface area contributed by atoms with Gasteiger partial charge in [0.15, 0.2) is 0 Å². The summed E-state index contributed by atoms with van der Waals surface area (Å²) in [6.07, 6.45) is 1.83. The Kier molecular flexibility index (Phi) is 3.46. The topological polar surface area (TPSA) is 57.8 Å². The van der Waals surface area contributed by atoms with Crippen LogP contribution in [0.3, 0.4) is 0 Å². The van der Waals surface area contributed by atoms with Crippen molar-refractivity contribution in [3.05, 3.63) is 46.0 Å². The summed E-state index contributed by atoms with van der Waals surface area (Å²) in [4.78, 5) is 19.0. The normalized spacial score (nSPS) is 10.4. The number of H-pyrrole nitrogens is 1. The Balaban J connectivity index is 2.53. The van der Waals surface area contributed by atoms with Crippen molar-refractivity contribution in [3.8, 4) is 11.3 Å². The molecule has 0 amide bonds. The second kappa shape index (κ2) is 5.04. The lowest BCUT2D eigenvalue weighted by atomic mass is 10.1. The van der Waals surface area contributed by atoms with Crippen LogP contribution in [0.25, 0.3) is 11.3 Å². The van der Waals surface area contributed by atoms with Gasteiger partial charge in [-0.3, -0.25) is 9.78 Å². The Morgan fingerprint density at radius 1 is 1.33 bits per heavy atom. The molecule has 4 heteroatoms. The van der Waals surface area contributed by atoms with Crippen molar-refractivity contribution in [2.24, 2.45) is 0 Å². The van der Waals surface area contributed by atoms with E-state index in [0.717, 1.165) is 22.5 Å². The van der Waals surface area contributed by atoms with E-state index in [-0.39, 0.29) is 5.56 Å². The number of hydrogen-bond donors (Lipinski definition) is 2. The Labute approximate surface area is 106 Å². The average Bonchev–Trinajstić information content (AvgIpc) is 2.34. The number of anilines is 1. The van der Waals surface area contributed by atoms with Gasteiger partial charge in [-0.15, -0.1) is 0 Å². The summed E-state index contributed by atoms with van der Waals surface area (Å²) in [6, 6.07) is 5.83. The van der Waals surface area contributed by atoms with E-state index >= 15 is 0 Å². The molecule has 2 rings (SSSR count). The zero-order valence-electron chi connectivity index (χ0n) is 10.9. The number of aromatic nitrogens is 2. The van der Waals surface area contributed by atoms with Crippen LogP contribution in [0.2, 0.25) is 0 Å². The lowest BCUT2D eigenvalue weighted by Crippen LogP contribution is -2.15. The van der Waals surface area contributed by atoms with Crippen molar-refractivity contribution < 1.29 is 0 Å². The van der Waals surface area contributed by atoms with Crippen LogP contribution < -0.4 is 10.9 Å². The van der Waals surface area contributed by atoms with E-state index in [9.17, 15) is 4.79 Å². The van der Waals surface area contributed by atoms with Crippen LogP contribution in [-0.2, 0) is 0 Å². The first kappa shape index (κ1) is 12.4. The Bertz CT molecular complexity index is 599. The van der Waals surface area contributed by atoms with Gasteiger partial charge in [0.05, 0.1) is 5.69 Å². The quantitative estimate of drug-likeness (QED) is 0.870. The minimum Gasteiger partial charge on any atom is -0.381 e. The highest BCUT2D eigenvalue weighted by Gasteiger charge is 2.08. The summed E-state index contributed by atoms with van der Waals surface area (Å²) in [6.45, 7) is 6.56. The number of pyridine rings is 2. The molecule has 0 aliphatic rings. The third-order valence-corrected chi connectivity index (χ3v) is 2.79. The Morgan fingerprint density at radius 2 is 2.11 bits per heavy atom. The van der Waals surface area contributed by atoms with E-state index in [4.69, 9.17) is 0 Å². The zero-order valence-corrected chi connectivity index (χ0v) is 10.9. The average molecular weight is 243 g/mol. The molecular weight excluding hydrogens is 226 g/mol. The molecule has 0 radical (unpaired) electrons. The fourth-order valence-corrected chi connectivity index (χ4v) is 1.84. The van der Waals surface area contributed by atoms with Crippen LogP contribution >= 0.6 is 0 Å². The fraction of sp³-hybridized carbons (Fsp3) is 0.286. The van der Waals surface area contributed by atoms with Gasteiger partial charge in [0.1, 0.15) is 5.69 Å². The molecule has 2 N–H and O–H groups in total. The van der Waals surface area contributed by atoms with E-state index in [1.807, 2.05) is 45.2 Å². The lowest BCUT2D eigenvalue weighted by Gasteiger charge is -2.09. The minimum atomic E-state index is -0.0924. The van der Waals surface area contributed by atoms with Crippen LogP contribution in [0, 0.1) is 13.8 Å². The van der Waals surface area contributed by atoms with Crippen LogP contribution in [-0.4, -0.2) is 16.5 Å². The first-order valence-corrected chi connectivity index (χ1v) is 6.02. The van der Waals surface area contributed by atoms with Gasteiger partial charge in [-0.25, -0.2) is 0 Å². The molecule has 0 unspecified atom stereocenters. The van der Waals surface area contributed by atoms with Gasteiger partial charge in [-0.05, 0) is 38.5 Å². The molecule has 4 nitrogen and oxygen atoms in total. The van der Waals surface area contributed by atoms with E-state index in [0.29, 0.717) is 12.2 Å². The zero-order chi connectivity index (χ0) is 13.1. The maximum atomic E-state index is 11.7. The number of nitrogens with zero attached hydrogens (tertiary/aromatic N) is 1. The van der Waals surface area contributed by atoms with E-state index in [1.165, 1.54) is 0 Å². The molecule has 94 valence electrons. The largest absolute Gasteiger partial charge is 0.381 e. The summed E-state index contributed by atoms with van der Waals surface area (Å²) in [5.74, 6) is 0. The summed E-state index contributed by atoms with van der Waals surface area (Å²) in [7, 11) is 0. The monoisotopic (exact) mass is 243 g/mol. The van der Waals surface area contributed by atoms with Crippen molar-refractivity contribution >= 4 is 5.69 Å². The minimum absolute atomic E-state index is 0.0924. The van der Waals surface area contributed by atoms with Crippen LogP contribution in [0.1, 0.15) is 18.2 Å². The molecule has 0 aliphatic carbocycles. The van der Waals surface area contributed by atoms with E-state index < -0.39 is 0 Å². The lowest BCUT2D eigenvalue weighted by molar-refractivity contribution is 1.11. The first-order chi connectivity index (χ1) is 8.61. The second-order valence-electron chi connectivity index (χ2n) is 4.30. The molecule has 2 aromatic heterocycles. The van der Waals surface area contributed by atoms with Crippen molar-refractivity contribution in [2.45, 2.75) is 20.8 Å². The highest BCUT2D eigenvalue weighted by Crippen LogP contribution is 2.21. The van der Waals surface area contributed by atoms with Gasteiger partial charge in [0.2, 0.25) is 0 Å². The number of aryl methyl sites for hydroxylation is 2. The predicted octanol–water partition coefficient (Wildman–Crippen LogP) is 2.49. The molecule has 0 saturated carbocycles. The summed E-state index contributed by atoms with van der Waals surface area (Å²) >= 11 is 0. The predicted molar refractivity (Wildman–Crippen MR) is 73.9 cm³/mol. The van der Waals surface area contributed by atoms with E-state index in [2.05, 4.69) is 15.3 Å². The molecule has 0 fully saturated rings.